The van der Waals surface area contributed by atoms with Crippen molar-refractivity contribution in [3.05, 3.63) is 0 Å². The lowest BCUT2D eigenvalue weighted by molar-refractivity contribution is 0.0656. The minimum Gasteiger partial charge on any atom is -0.383 e. The van der Waals surface area contributed by atoms with E-state index in [1.165, 1.54) is 19.3 Å². The van der Waals surface area contributed by atoms with Crippen LogP contribution in [0, 0.1) is 0 Å². The van der Waals surface area contributed by atoms with E-state index >= 15 is 0 Å². The molecule has 1 unspecified atom stereocenters. The molecule has 7 heteroatoms. The maximum absolute atomic E-state index is 6.01. The molecule has 0 aromatic rings. The zero-order valence-corrected chi connectivity index (χ0v) is 16.2. The largest absolute Gasteiger partial charge is 0.383 e. The van der Waals surface area contributed by atoms with Crippen molar-refractivity contribution in [2.45, 2.75) is 25.0 Å². The topological polar surface area (TPSA) is 9.23 Å². The van der Waals surface area contributed by atoms with Gasteiger partial charge in [-0.15, -0.1) is 0 Å². The van der Waals surface area contributed by atoms with Crippen molar-refractivity contribution in [3.63, 3.8) is 0 Å². The van der Waals surface area contributed by atoms with Crippen molar-refractivity contribution in [1.82, 2.24) is 0 Å². The van der Waals surface area contributed by atoms with Gasteiger partial charge in [0.15, 0.2) is 0 Å². The van der Waals surface area contributed by atoms with Crippen LogP contribution < -0.4 is 0 Å². The van der Waals surface area contributed by atoms with Gasteiger partial charge < -0.3 is 4.74 Å². The van der Waals surface area contributed by atoms with Crippen LogP contribution in [0.2, 0.25) is 0 Å². The molecule has 1 atom stereocenters. The van der Waals surface area contributed by atoms with E-state index in [9.17, 15) is 0 Å². The van der Waals surface area contributed by atoms with Crippen LogP contribution in [0.1, 0.15) is 19.3 Å². The molecule has 0 radical (unpaired) electrons. The Morgan fingerprint density at radius 3 is 2.58 bits per heavy atom. The molecule has 2 rings (SSSR count). The average Bonchev–Trinajstić information content (AvgIpc) is 2.21. The summed E-state index contributed by atoms with van der Waals surface area (Å²) in [5.41, 5.74) is 0.992. The summed E-state index contributed by atoms with van der Waals surface area (Å²) in [6, 6.07) is 0. The minimum atomic E-state index is 0.00622. The summed E-state index contributed by atoms with van der Waals surface area (Å²) in [5, 5.41) is 0. The summed E-state index contributed by atoms with van der Waals surface area (Å²) in [6.07, 6.45) is 4.43. The molecule has 0 saturated carbocycles. The molecule has 0 aliphatic carbocycles. The predicted molar refractivity (Wildman–Crippen MR) is 73.5 cm³/mol. The fourth-order valence-corrected chi connectivity index (χ4v) is 252. The van der Waals surface area contributed by atoms with Crippen molar-refractivity contribution in [2.24, 2.45) is 0 Å². The third-order valence-corrected chi connectivity index (χ3v) is 122. The second kappa shape index (κ2) is 5.22. The van der Waals surface area contributed by atoms with Gasteiger partial charge in [-0.2, -0.15) is 0 Å². The van der Waals surface area contributed by atoms with Gasteiger partial charge in [-0.3, -0.25) is 0 Å². The van der Waals surface area contributed by atoms with Gasteiger partial charge in [-0.05, 0) is 62.0 Å². The van der Waals surface area contributed by atoms with Gasteiger partial charge >= 0.3 is 0 Å². The molecule has 70 valence electrons. The molecule has 0 bridgehead atoms. The Bertz CT molecular complexity index is 116. The zero-order chi connectivity index (χ0) is 8.23. The smallest absolute Gasteiger partial charge is 0.0465 e. The molecule has 2 aliphatic rings. The van der Waals surface area contributed by atoms with Gasteiger partial charge in [0.05, 0.1) is 0 Å². The van der Waals surface area contributed by atoms with Crippen molar-refractivity contribution in [2.75, 3.05) is 6.61 Å². The van der Waals surface area contributed by atoms with E-state index in [2.05, 4.69) is 0 Å². The molecule has 2 fully saturated rings. The van der Waals surface area contributed by atoms with Crippen LogP contribution >= 0.6 is 0 Å². The number of hydrogen-bond acceptors (Lipinski definition) is 1. The lowest BCUT2D eigenvalue weighted by Gasteiger charge is -2.31. The van der Waals surface area contributed by atoms with Crippen molar-refractivity contribution < 1.29 is 4.74 Å². The first-order valence-corrected chi connectivity index (χ1v) is 28.8. The first kappa shape index (κ1) is 9.80. The third-order valence-electron chi connectivity index (χ3n) is 3.39. The van der Waals surface area contributed by atoms with Gasteiger partial charge in [-0.1, -0.05) is 0 Å². The molecule has 2 saturated heterocycles. The van der Waals surface area contributed by atoms with Gasteiger partial charge in [0.1, 0.15) is 0 Å². The highest BCUT2D eigenvalue weighted by molar-refractivity contribution is 7.80. The maximum Gasteiger partial charge on any atom is 0.0465 e. The standard InChI is InChI=1S/C5H20OSi6/c1-2-4-6-5(3-1)12-10-8-7-9-11-12/h5,12H,1-4,7-11H2. The molecule has 0 aromatic heterocycles. The Hall–Kier alpha value is 1.26. The van der Waals surface area contributed by atoms with Crippen LogP contribution in [0.4, 0.5) is 0 Å². The van der Waals surface area contributed by atoms with Gasteiger partial charge in [0, 0.05) is 20.2 Å². The summed E-state index contributed by atoms with van der Waals surface area (Å²) in [7, 11) is 3.75. The van der Waals surface area contributed by atoms with E-state index in [0.717, 1.165) is 38.0 Å². The lowest BCUT2D eigenvalue weighted by Crippen LogP contribution is -2.56. The SMILES string of the molecule is C1CCC([SiH]2[SiH2][SiH2][SiH2][SiH2][SiH2]2)OC1. The van der Waals surface area contributed by atoms with Crippen molar-refractivity contribution in [3.8, 4) is 0 Å². The molecule has 0 spiro atoms. The number of rotatable bonds is 1. The highest BCUT2D eigenvalue weighted by atomic mass is 30.1. The Kier molecular flexibility index (Phi) is 4.26. The molecule has 0 aromatic carbocycles. The van der Waals surface area contributed by atoms with Crippen LogP contribution in [0.25, 0.3) is 0 Å². The van der Waals surface area contributed by atoms with Crippen molar-refractivity contribution in [1.29, 1.82) is 0 Å². The second-order valence-corrected chi connectivity index (χ2v) is 58.9. The Labute approximate surface area is 86.9 Å². The van der Waals surface area contributed by atoms with E-state index in [1.54, 1.807) is 0 Å². The molecule has 12 heavy (non-hydrogen) atoms. The average molecular weight is 265 g/mol. The molecular weight excluding hydrogens is 245 g/mol. The summed E-state index contributed by atoms with van der Waals surface area (Å²) in [6.45, 7) is 1.15. The molecule has 0 amide bonds. The van der Waals surface area contributed by atoms with Crippen LogP contribution in [-0.4, -0.2) is 62.9 Å². The van der Waals surface area contributed by atoms with Crippen LogP contribution in [0.5, 0.6) is 0 Å². The van der Waals surface area contributed by atoms with Crippen LogP contribution in [-0.2, 0) is 4.74 Å². The molecule has 1 nitrogen and oxygen atoms in total. The molecule has 0 N–H and O–H groups in total. The fourth-order valence-electron chi connectivity index (χ4n) is 2.64. The Morgan fingerprint density at radius 2 is 1.92 bits per heavy atom. The van der Waals surface area contributed by atoms with E-state index in [0.29, 0.717) is 17.1 Å². The quantitative estimate of drug-likeness (QED) is 0.437. The first-order valence-electron chi connectivity index (χ1n) is 5.58. The fraction of sp³-hybridized carbons (Fsp3) is 1.00. The summed E-state index contributed by atoms with van der Waals surface area (Å²) < 4.78 is 6.01. The minimum absolute atomic E-state index is 0.00622. The van der Waals surface area contributed by atoms with Gasteiger partial charge in [0.2, 0.25) is 0 Å². The predicted octanol–water partition coefficient (Wildman–Crippen LogP) is -4.17. The number of hydrogen-bond donors (Lipinski definition) is 0. The summed E-state index contributed by atoms with van der Waals surface area (Å²) in [4.78, 5) is 0. The lowest BCUT2D eigenvalue weighted by atomic mass is 10.2. The number of ether oxygens (including phenoxy) is 1. The van der Waals surface area contributed by atoms with Crippen molar-refractivity contribution >= 4 is 50.6 Å². The van der Waals surface area contributed by atoms with E-state index < -0.39 is 0 Å². The Morgan fingerprint density at radius 1 is 1.08 bits per heavy atom. The molecule has 2 aliphatic heterocycles. The second-order valence-electron chi connectivity index (χ2n) is 4.30. The van der Waals surface area contributed by atoms with Crippen LogP contribution in [0.3, 0.4) is 0 Å². The third kappa shape index (κ3) is 2.62. The van der Waals surface area contributed by atoms with E-state index in [-0.39, 0.29) is 7.83 Å². The van der Waals surface area contributed by atoms with Crippen LogP contribution in [0.15, 0.2) is 0 Å². The highest BCUT2D eigenvalue weighted by Gasteiger charge is 2.27. The Balaban J connectivity index is 1.80. The van der Waals surface area contributed by atoms with E-state index in [1.807, 2.05) is 0 Å². The normalized spacial score (nSPS) is 48.0. The zero-order valence-electron chi connectivity index (χ0n) is 7.93. The molecule has 2 heterocycles. The first-order chi connectivity index (χ1) is 5.97. The maximum atomic E-state index is 6.01. The van der Waals surface area contributed by atoms with Gasteiger partial charge in [0.25, 0.3) is 0 Å². The monoisotopic (exact) mass is 264 g/mol. The summed E-state index contributed by atoms with van der Waals surface area (Å²) in [5.74, 6) is 0. The van der Waals surface area contributed by atoms with E-state index in [4.69, 9.17) is 4.74 Å². The summed E-state index contributed by atoms with van der Waals surface area (Å²) >= 11 is 0. The van der Waals surface area contributed by atoms with Gasteiger partial charge in [-0.25, -0.2) is 0 Å². The molecular formula is C5H20OSi6. The highest BCUT2D eigenvalue weighted by Crippen LogP contribution is 2.14.